The number of hydrogen-bond acceptors (Lipinski definition) is 7. The second-order valence-corrected chi connectivity index (χ2v) is 9.44. The number of esters is 1. The van der Waals surface area contributed by atoms with Crippen molar-refractivity contribution in [2.24, 2.45) is 0 Å². The maximum atomic E-state index is 12.4. The fourth-order valence-electron chi connectivity index (χ4n) is 2.23. The molecular formula is C15H27NO7S. The van der Waals surface area contributed by atoms with Gasteiger partial charge in [-0.2, -0.15) is 8.42 Å². The largest absolute Gasteiger partial charge is 0.458 e. The Morgan fingerprint density at radius 3 is 1.92 bits per heavy atom. The van der Waals surface area contributed by atoms with Crippen LogP contribution < -0.4 is 0 Å². The summed E-state index contributed by atoms with van der Waals surface area (Å²) in [6.45, 7) is 10.2. The molecule has 0 aromatic carbocycles. The van der Waals surface area contributed by atoms with Gasteiger partial charge in [0.1, 0.15) is 17.2 Å². The highest BCUT2D eigenvalue weighted by Gasteiger charge is 2.44. The Hall–Kier alpha value is -1.35. The molecule has 1 fully saturated rings. The van der Waals surface area contributed by atoms with Crippen LogP contribution in [-0.4, -0.2) is 61.5 Å². The van der Waals surface area contributed by atoms with Crippen molar-refractivity contribution in [1.29, 1.82) is 0 Å². The monoisotopic (exact) mass is 365 g/mol. The summed E-state index contributed by atoms with van der Waals surface area (Å²) in [6, 6.07) is -0.953. The molecule has 0 N–H and O–H groups in total. The van der Waals surface area contributed by atoms with Gasteiger partial charge in [-0.05, 0) is 41.5 Å². The van der Waals surface area contributed by atoms with Crippen LogP contribution in [0.4, 0.5) is 4.79 Å². The number of nitrogens with zero attached hydrogens (tertiary/aromatic N) is 1. The molecule has 1 rings (SSSR count). The van der Waals surface area contributed by atoms with Gasteiger partial charge >= 0.3 is 12.1 Å². The van der Waals surface area contributed by atoms with Crippen molar-refractivity contribution in [2.45, 2.75) is 71.3 Å². The van der Waals surface area contributed by atoms with E-state index in [4.69, 9.17) is 13.7 Å². The van der Waals surface area contributed by atoms with Gasteiger partial charge in [0.2, 0.25) is 0 Å². The van der Waals surface area contributed by atoms with Crippen LogP contribution >= 0.6 is 0 Å². The van der Waals surface area contributed by atoms with Crippen molar-refractivity contribution in [3.63, 3.8) is 0 Å². The number of amides is 1. The van der Waals surface area contributed by atoms with Crippen molar-refractivity contribution in [3.8, 4) is 0 Å². The van der Waals surface area contributed by atoms with E-state index in [1.54, 1.807) is 41.5 Å². The van der Waals surface area contributed by atoms with E-state index in [2.05, 4.69) is 0 Å². The van der Waals surface area contributed by atoms with Crippen molar-refractivity contribution in [1.82, 2.24) is 4.90 Å². The third-order valence-corrected chi connectivity index (χ3v) is 3.50. The first kappa shape index (κ1) is 20.7. The third kappa shape index (κ3) is 7.04. The molecule has 1 aliphatic rings. The lowest BCUT2D eigenvalue weighted by Crippen LogP contribution is -2.45. The molecule has 0 spiro atoms. The van der Waals surface area contributed by atoms with E-state index < -0.39 is 45.5 Å². The van der Waals surface area contributed by atoms with E-state index >= 15 is 0 Å². The van der Waals surface area contributed by atoms with E-state index in [-0.39, 0.29) is 13.0 Å². The second kappa shape index (κ2) is 6.87. The van der Waals surface area contributed by atoms with Gasteiger partial charge in [0, 0.05) is 6.42 Å². The van der Waals surface area contributed by atoms with Crippen LogP contribution in [0, 0.1) is 0 Å². The van der Waals surface area contributed by atoms with Gasteiger partial charge in [0.25, 0.3) is 10.1 Å². The molecule has 1 aliphatic heterocycles. The molecular weight excluding hydrogens is 338 g/mol. The lowest BCUT2D eigenvalue weighted by molar-refractivity contribution is -0.160. The number of carbonyl (C=O) groups excluding carboxylic acids is 2. The molecule has 0 aromatic heterocycles. The first-order valence-electron chi connectivity index (χ1n) is 7.68. The van der Waals surface area contributed by atoms with E-state index in [1.807, 2.05) is 0 Å². The highest BCUT2D eigenvalue weighted by molar-refractivity contribution is 7.86. The smallest absolute Gasteiger partial charge is 0.411 e. The van der Waals surface area contributed by atoms with Crippen LogP contribution in [0.15, 0.2) is 0 Å². The maximum Gasteiger partial charge on any atom is 0.411 e. The molecule has 0 bridgehead atoms. The molecule has 1 amide bonds. The van der Waals surface area contributed by atoms with Crippen LogP contribution in [0.3, 0.4) is 0 Å². The van der Waals surface area contributed by atoms with Gasteiger partial charge in [-0.15, -0.1) is 0 Å². The maximum absolute atomic E-state index is 12.4. The van der Waals surface area contributed by atoms with Gasteiger partial charge < -0.3 is 9.47 Å². The summed E-state index contributed by atoms with van der Waals surface area (Å²) in [5.41, 5.74) is -1.47. The first-order chi connectivity index (χ1) is 10.6. The predicted octanol–water partition coefficient (Wildman–Crippen LogP) is 1.68. The van der Waals surface area contributed by atoms with Gasteiger partial charge in [0.15, 0.2) is 0 Å². The van der Waals surface area contributed by atoms with Crippen molar-refractivity contribution >= 4 is 22.2 Å². The first-order valence-corrected chi connectivity index (χ1v) is 9.50. The Morgan fingerprint density at radius 2 is 1.50 bits per heavy atom. The van der Waals surface area contributed by atoms with E-state index in [1.165, 1.54) is 0 Å². The summed E-state index contributed by atoms with van der Waals surface area (Å²) < 4.78 is 38.2. The number of likely N-dealkylation sites (tertiary alicyclic amines) is 1. The zero-order chi connectivity index (χ0) is 18.9. The Labute approximate surface area is 143 Å². The average molecular weight is 365 g/mol. The summed E-state index contributed by atoms with van der Waals surface area (Å²) in [6.07, 6.45) is -0.574. The quantitative estimate of drug-likeness (QED) is 0.554. The van der Waals surface area contributed by atoms with E-state index in [9.17, 15) is 18.0 Å². The molecule has 0 unspecified atom stereocenters. The van der Waals surface area contributed by atoms with Gasteiger partial charge in [0.05, 0.1) is 18.9 Å². The van der Waals surface area contributed by atoms with Gasteiger partial charge in [-0.25, -0.2) is 9.59 Å². The molecule has 0 aliphatic carbocycles. The van der Waals surface area contributed by atoms with Crippen molar-refractivity contribution < 1.29 is 31.7 Å². The summed E-state index contributed by atoms with van der Waals surface area (Å²) in [7, 11) is -3.71. The second-order valence-electron chi connectivity index (χ2n) is 7.84. The predicted molar refractivity (Wildman–Crippen MR) is 86.9 cm³/mol. The van der Waals surface area contributed by atoms with Crippen molar-refractivity contribution in [3.05, 3.63) is 0 Å². The molecule has 8 nitrogen and oxygen atoms in total. The summed E-state index contributed by atoms with van der Waals surface area (Å²) in [4.78, 5) is 25.9. The lowest BCUT2D eigenvalue weighted by Gasteiger charge is -2.29. The number of carbonyl (C=O) groups is 2. The molecule has 2 atom stereocenters. The Bertz CT molecular complexity index is 550. The molecule has 1 saturated heterocycles. The summed E-state index contributed by atoms with van der Waals surface area (Å²) in [5.74, 6) is -0.618. The minimum Gasteiger partial charge on any atom is -0.458 e. The van der Waals surface area contributed by atoms with Crippen LogP contribution in [0.1, 0.15) is 48.0 Å². The lowest BCUT2D eigenvalue weighted by atomic mass is 10.1. The minimum absolute atomic E-state index is 0.0290. The normalized spacial score (nSPS) is 22.4. The highest BCUT2D eigenvalue weighted by Crippen LogP contribution is 2.26. The standard InChI is InChI=1S/C15H27NO7S/c1-14(2,3)21-12(17)11-8-10(23-24(7,19)20)9-16(11)13(18)22-15(4,5)6/h10-11H,8-9H2,1-7H3/t10-,11+/m1/s1. The van der Waals surface area contributed by atoms with Gasteiger partial charge in [-0.1, -0.05) is 0 Å². The molecule has 0 saturated carbocycles. The molecule has 24 heavy (non-hydrogen) atoms. The fraction of sp³-hybridized carbons (Fsp3) is 0.867. The topological polar surface area (TPSA) is 99.2 Å². The van der Waals surface area contributed by atoms with Crippen LogP contribution in [0.2, 0.25) is 0 Å². The third-order valence-electron chi connectivity index (χ3n) is 2.88. The summed E-state index contributed by atoms with van der Waals surface area (Å²) in [5, 5.41) is 0. The highest BCUT2D eigenvalue weighted by atomic mass is 32.2. The van der Waals surface area contributed by atoms with Gasteiger partial charge in [-0.3, -0.25) is 9.08 Å². The van der Waals surface area contributed by atoms with Crippen LogP contribution in [-0.2, 0) is 28.6 Å². The SMILES string of the molecule is CC(C)(C)OC(=O)[C@@H]1C[C@@H](OS(C)(=O)=O)CN1C(=O)OC(C)(C)C. The molecule has 140 valence electrons. The molecule has 1 heterocycles. The molecule has 0 radical (unpaired) electrons. The zero-order valence-corrected chi connectivity index (χ0v) is 16.1. The summed E-state index contributed by atoms with van der Waals surface area (Å²) >= 11 is 0. The zero-order valence-electron chi connectivity index (χ0n) is 15.3. The minimum atomic E-state index is -3.71. The number of rotatable bonds is 3. The van der Waals surface area contributed by atoms with E-state index in [0.717, 1.165) is 11.2 Å². The average Bonchev–Trinajstić information content (AvgIpc) is 2.65. The number of hydrogen-bond donors (Lipinski definition) is 0. The Morgan fingerprint density at radius 1 is 1.00 bits per heavy atom. The van der Waals surface area contributed by atoms with Crippen LogP contribution in [0.25, 0.3) is 0 Å². The Kier molecular flexibility index (Phi) is 5.93. The molecule has 0 aromatic rings. The van der Waals surface area contributed by atoms with Crippen LogP contribution in [0.5, 0.6) is 0 Å². The fourth-order valence-corrected chi connectivity index (χ4v) is 2.86. The van der Waals surface area contributed by atoms with Crippen molar-refractivity contribution in [2.75, 3.05) is 12.8 Å². The molecule has 9 heteroatoms. The van der Waals surface area contributed by atoms with E-state index in [0.29, 0.717) is 0 Å². The Balaban J connectivity index is 2.97. The number of ether oxygens (including phenoxy) is 2.